The molecule has 0 saturated heterocycles. The highest BCUT2D eigenvalue weighted by molar-refractivity contribution is 5.15. The van der Waals surface area contributed by atoms with Crippen molar-refractivity contribution in [3.05, 3.63) is 47.6 Å². The van der Waals surface area contributed by atoms with Crippen LogP contribution in [0.1, 0.15) is 76.7 Å². The topological polar surface area (TPSA) is 103 Å². The minimum absolute atomic E-state index is 0.0148. The summed E-state index contributed by atoms with van der Waals surface area (Å²) in [5.41, 5.74) is 1.56. The molecule has 0 aliphatic carbocycles. The van der Waals surface area contributed by atoms with Crippen molar-refractivity contribution in [3.63, 3.8) is 0 Å². The molecule has 2 aromatic rings. The van der Waals surface area contributed by atoms with Gasteiger partial charge in [-0.2, -0.15) is 5.26 Å². The lowest BCUT2D eigenvalue weighted by Crippen LogP contribution is -2.18. The number of aryl methyl sites for hydroxylation is 2. The van der Waals surface area contributed by atoms with E-state index in [4.69, 9.17) is 19.5 Å². The summed E-state index contributed by atoms with van der Waals surface area (Å²) >= 11 is 0. The van der Waals surface area contributed by atoms with E-state index >= 15 is 0 Å². The molecule has 0 aliphatic rings. The van der Waals surface area contributed by atoms with Gasteiger partial charge in [-0.15, -0.1) is 0 Å². The van der Waals surface area contributed by atoms with Gasteiger partial charge in [0.15, 0.2) is 12.4 Å². The number of rotatable bonds is 8. The van der Waals surface area contributed by atoms with Crippen LogP contribution in [0.5, 0.6) is 0 Å². The third-order valence-corrected chi connectivity index (χ3v) is 3.49. The standard InChI is InChI=1S/C12H20N2O2.C10H13N3O/c1-8(2)15-12(16-9(3)4)11-6-13-10(5)14-7-11;1-7(2)14-10(4-11)9-5-12-8(3)13-6-9/h6-9,12H,1-5H3;5-7,10H,1-3H3. The summed E-state index contributed by atoms with van der Waals surface area (Å²) in [5.74, 6) is 1.44. The van der Waals surface area contributed by atoms with Crippen LogP contribution in [0.25, 0.3) is 0 Å². The van der Waals surface area contributed by atoms with Crippen molar-refractivity contribution in [3.8, 4) is 6.07 Å². The Morgan fingerprint density at radius 3 is 1.37 bits per heavy atom. The summed E-state index contributed by atoms with van der Waals surface area (Å²) < 4.78 is 16.8. The highest BCUT2D eigenvalue weighted by Gasteiger charge is 2.17. The zero-order chi connectivity index (χ0) is 22.7. The zero-order valence-electron chi connectivity index (χ0n) is 19.2. The molecule has 164 valence electrons. The largest absolute Gasteiger partial charge is 0.356 e. The number of ether oxygens (including phenoxy) is 3. The maximum absolute atomic E-state index is 8.87. The Kier molecular flexibility index (Phi) is 11.0. The number of nitrogens with zero attached hydrogens (tertiary/aromatic N) is 5. The Morgan fingerprint density at radius 1 is 0.667 bits per heavy atom. The number of hydrogen-bond donors (Lipinski definition) is 0. The summed E-state index contributed by atoms with van der Waals surface area (Å²) in [6.45, 7) is 15.3. The van der Waals surface area contributed by atoms with Gasteiger partial charge in [-0.25, -0.2) is 19.9 Å². The lowest BCUT2D eigenvalue weighted by Gasteiger charge is -2.22. The molecule has 2 aromatic heterocycles. The van der Waals surface area contributed by atoms with E-state index in [0.29, 0.717) is 11.4 Å². The number of hydrogen-bond acceptors (Lipinski definition) is 8. The Balaban J connectivity index is 0.000000303. The van der Waals surface area contributed by atoms with E-state index in [1.54, 1.807) is 31.7 Å². The number of nitriles is 1. The molecule has 30 heavy (non-hydrogen) atoms. The zero-order valence-corrected chi connectivity index (χ0v) is 19.2. The quantitative estimate of drug-likeness (QED) is 0.584. The molecule has 1 atom stereocenters. The molecule has 0 saturated carbocycles. The average Bonchev–Trinajstić information content (AvgIpc) is 2.66. The first kappa shape index (κ1) is 25.6. The molecule has 2 rings (SSSR count). The van der Waals surface area contributed by atoms with Crippen molar-refractivity contribution in [2.45, 2.75) is 86.1 Å². The predicted molar refractivity (Wildman–Crippen MR) is 113 cm³/mol. The molecular weight excluding hydrogens is 382 g/mol. The van der Waals surface area contributed by atoms with Gasteiger partial charge in [0.2, 0.25) is 0 Å². The van der Waals surface area contributed by atoms with E-state index < -0.39 is 6.10 Å². The summed E-state index contributed by atoms with van der Waals surface area (Å²) in [7, 11) is 0. The molecule has 0 N–H and O–H groups in total. The summed E-state index contributed by atoms with van der Waals surface area (Å²) in [4.78, 5) is 16.3. The van der Waals surface area contributed by atoms with Crippen LogP contribution in [0.15, 0.2) is 24.8 Å². The summed E-state index contributed by atoms with van der Waals surface area (Å²) in [6, 6.07) is 2.07. The molecule has 0 fully saturated rings. The molecule has 0 spiro atoms. The van der Waals surface area contributed by atoms with Crippen molar-refractivity contribution in [2.75, 3.05) is 0 Å². The minimum atomic E-state index is -0.574. The SMILES string of the molecule is Cc1ncc(C(C#N)OC(C)C)cn1.Cc1ncc(C(OC(C)C)OC(C)C)cn1. The van der Waals surface area contributed by atoms with E-state index in [2.05, 4.69) is 26.0 Å². The summed E-state index contributed by atoms with van der Waals surface area (Å²) in [5, 5.41) is 8.87. The predicted octanol–water partition coefficient (Wildman–Crippen LogP) is 4.41. The lowest BCUT2D eigenvalue weighted by molar-refractivity contribution is -0.185. The second-order valence-corrected chi connectivity index (χ2v) is 7.52. The van der Waals surface area contributed by atoms with Crippen LogP contribution in [0.2, 0.25) is 0 Å². The van der Waals surface area contributed by atoms with Gasteiger partial charge in [-0.05, 0) is 55.4 Å². The van der Waals surface area contributed by atoms with Gasteiger partial charge in [-0.3, -0.25) is 0 Å². The van der Waals surface area contributed by atoms with E-state index in [1.807, 2.05) is 48.5 Å². The fraction of sp³-hybridized carbons (Fsp3) is 0.591. The van der Waals surface area contributed by atoms with Crippen LogP contribution in [0, 0.1) is 25.2 Å². The van der Waals surface area contributed by atoms with Crippen molar-refractivity contribution >= 4 is 0 Å². The molecule has 0 bridgehead atoms. The third kappa shape index (κ3) is 9.83. The third-order valence-electron chi connectivity index (χ3n) is 3.49. The lowest BCUT2D eigenvalue weighted by atomic mass is 10.2. The Bertz CT molecular complexity index is 761. The van der Waals surface area contributed by atoms with Gasteiger partial charge in [0.05, 0.1) is 24.4 Å². The fourth-order valence-corrected chi connectivity index (χ4v) is 2.20. The molecule has 8 nitrogen and oxygen atoms in total. The van der Waals surface area contributed by atoms with Crippen LogP contribution in [-0.2, 0) is 14.2 Å². The molecule has 0 amide bonds. The Morgan fingerprint density at radius 2 is 1.03 bits per heavy atom. The molecule has 2 heterocycles. The Hall–Kier alpha value is -2.47. The van der Waals surface area contributed by atoms with E-state index in [9.17, 15) is 0 Å². The molecular formula is C22H33N5O3. The van der Waals surface area contributed by atoms with E-state index in [1.165, 1.54) is 0 Å². The van der Waals surface area contributed by atoms with Crippen LogP contribution < -0.4 is 0 Å². The van der Waals surface area contributed by atoms with Gasteiger partial charge >= 0.3 is 0 Å². The maximum Gasteiger partial charge on any atom is 0.187 e. The number of aromatic nitrogens is 4. The highest BCUT2D eigenvalue weighted by Crippen LogP contribution is 2.21. The van der Waals surface area contributed by atoms with Gasteiger partial charge in [0, 0.05) is 35.9 Å². The highest BCUT2D eigenvalue weighted by atomic mass is 16.7. The molecule has 8 heteroatoms. The molecule has 0 aliphatic heterocycles. The molecule has 0 radical (unpaired) electrons. The van der Waals surface area contributed by atoms with Crippen LogP contribution in [0.4, 0.5) is 0 Å². The van der Waals surface area contributed by atoms with Crippen molar-refractivity contribution in [1.82, 2.24) is 19.9 Å². The second kappa shape index (κ2) is 13.0. The maximum atomic E-state index is 8.87. The average molecular weight is 416 g/mol. The molecule has 1 unspecified atom stereocenters. The first-order valence-electron chi connectivity index (χ1n) is 10.0. The van der Waals surface area contributed by atoms with Crippen molar-refractivity contribution in [1.29, 1.82) is 5.26 Å². The van der Waals surface area contributed by atoms with Gasteiger partial charge in [0.1, 0.15) is 11.6 Å². The smallest absolute Gasteiger partial charge is 0.187 e. The van der Waals surface area contributed by atoms with Crippen LogP contribution in [0.3, 0.4) is 0 Å². The van der Waals surface area contributed by atoms with Gasteiger partial charge < -0.3 is 14.2 Å². The van der Waals surface area contributed by atoms with E-state index in [0.717, 1.165) is 11.4 Å². The van der Waals surface area contributed by atoms with Crippen molar-refractivity contribution in [2.24, 2.45) is 0 Å². The van der Waals surface area contributed by atoms with Gasteiger partial charge in [0.25, 0.3) is 0 Å². The second-order valence-electron chi connectivity index (χ2n) is 7.52. The Labute approximate surface area is 179 Å². The minimum Gasteiger partial charge on any atom is -0.356 e. The molecule has 0 aromatic carbocycles. The monoisotopic (exact) mass is 415 g/mol. The first-order chi connectivity index (χ1) is 14.1. The van der Waals surface area contributed by atoms with E-state index in [-0.39, 0.29) is 24.6 Å². The summed E-state index contributed by atoms with van der Waals surface area (Å²) in [6.07, 6.45) is 6.00. The fourth-order valence-electron chi connectivity index (χ4n) is 2.20. The normalized spacial score (nSPS) is 12.1. The van der Waals surface area contributed by atoms with Crippen LogP contribution >= 0.6 is 0 Å². The van der Waals surface area contributed by atoms with Gasteiger partial charge in [-0.1, -0.05) is 0 Å². The first-order valence-corrected chi connectivity index (χ1v) is 10.0. The van der Waals surface area contributed by atoms with Crippen molar-refractivity contribution < 1.29 is 14.2 Å². The van der Waals surface area contributed by atoms with Crippen LogP contribution in [-0.4, -0.2) is 38.2 Å².